The van der Waals surface area contributed by atoms with Crippen molar-refractivity contribution in [3.05, 3.63) is 288 Å². The zero-order valence-electron chi connectivity index (χ0n) is 39.1. The first-order chi connectivity index (χ1) is 34.4. The maximum atomic E-state index is 5.45. The Bertz CT molecular complexity index is 3600. The molecule has 1 aromatic heterocycles. The van der Waals surface area contributed by atoms with Crippen LogP contribution in [-0.4, -0.2) is 9.97 Å². The Kier molecular flexibility index (Phi) is 9.78. The minimum absolute atomic E-state index is 0.208. The van der Waals surface area contributed by atoms with E-state index < -0.39 is 5.41 Å². The first-order valence-electron chi connectivity index (χ1n) is 24.3. The Morgan fingerprint density at radius 2 is 0.643 bits per heavy atom. The molecule has 13 rings (SSSR count). The van der Waals surface area contributed by atoms with Gasteiger partial charge in [0.2, 0.25) is 0 Å². The van der Waals surface area contributed by atoms with E-state index in [1.807, 2.05) is 0 Å². The molecule has 0 bridgehead atoms. The normalized spacial score (nSPS) is 13.5. The van der Waals surface area contributed by atoms with Crippen LogP contribution in [0, 0.1) is 0 Å². The number of fused-ring (bicyclic) bond motifs is 9. The van der Waals surface area contributed by atoms with Crippen LogP contribution in [0.2, 0.25) is 0 Å². The second kappa shape index (κ2) is 16.5. The number of hydrogen-bond donors (Lipinski definition) is 0. The minimum atomic E-state index is -0.578. The first-order valence-corrected chi connectivity index (χ1v) is 24.3. The van der Waals surface area contributed by atoms with Crippen molar-refractivity contribution in [3.63, 3.8) is 0 Å². The maximum absolute atomic E-state index is 5.45. The Hall–Kier alpha value is -8.72. The summed E-state index contributed by atoms with van der Waals surface area (Å²) in [5.74, 6) is 0.708. The molecule has 2 heteroatoms. The SMILES string of the molecule is CC1(C)c2ccccc2C2(c3ccc(-c4ccc(-c5cc(-c6ccccc6)cc(-c6ccccc6)c5)cc4)cc3-c3c(-c4nc(-c5ccccc5)cc(-c5ccccc5)n4)cccc32)c2ccccc21. The molecule has 330 valence electrons. The van der Waals surface area contributed by atoms with Gasteiger partial charge < -0.3 is 0 Å². The van der Waals surface area contributed by atoms with E-state index in [4.69, 9.17) is 9.97 Å². The van der Waals surface area contributed by atoms with Gasteiger partial charge in [-0.25, -0.2) is 9.97 Å². The monoisotopic (exact) mass is 892 g/mol. The number of nitrogens with zero attached hydrogens (tertiary/aromatic N) is 2. The van der Waals surface area contributed by atoms with E-state index in [0.717, 1.165) is 39.2 Å². The molecular formula is C68H48N2. The average molecular weight is 893 g/mol. The molecule has 1 spiro atoms. The third-order valence-electron chi connectivity index (χ3n) is 15.0. The van der Waals surface area contributed by atoms with E-state index >= 15 is 0 Å². The van der Waals surface area contributed by atoms with Crippen LogP contribution in [0.3, 0.4) is 0 Å². The lowest BCUT2D eigenvalue weighted by molar-refractivity contribution is 0.563. The summed E-state index contributed by atoms with van der Waals surface area (Å²) in [6.45, 7) is 4.76. The highest BCUT2D eigenvalue weighted by molar-refractivity contribution is 5.97. The van der Waals surface area contributed by atoms with Gasteiger partial charge in [-0.15, -0.1) is 0 Å². The highest BCUT2D eigenvalue weighted by Crippen LogP contribution is 2.63. The van der Waals surface area contributed by atoms with Gasteiger partial charge in [-0.1, -0.05) is 238 Å². The second-order valence-electron chi connectivity index (χ2n) is 19.3. The summed E-state index contributed by atoms with van der Waals surface area (Å²) in [6.07, 6.45) is 0. The van der Waals surface area contributed by atoms with E-state index in [1.54, 1.807) is 0 Å². The van der Waals surface area contributed by atoms with Crippen molar-refractivity contribution < 1.29 is 0 Å². The molecule has 0 saturated heterocycles. The minimum Gasteiger partial charge on any atom is -0.228 e. The van der Waals surface area contributed by atoms with Crippen LogP contribution in [0.1, 0.15) is 47.2 Å². The smallest absolute Gasteiger partial charge is 0.161 e. The van der Waals surface area contributed by atoms with Crippen molar-refractivity contribution >= 4 is 0 Å². The molecule has 0 radical (unpaired) electrons. The highest BCUT2D eigenvalue weighted by Gasteiger charge is 2.54. The fourth-order valence-electron chi connectivity index (χ4n) is 11.7. The molecule has 0 amide bonds. The average Bonchev–Trinajstić information content (AvgIpc) is 3.73. The quantitative estimate of drug-likeness (QED) is 0.159. The fraction of sp³-hybridized carbons (Fsp3) is 0.0588. The first kappa shape index (κ1) is 41.5. The lowest BCUT2D eigenvalue weighted by atomic mass is 9.55. The Labute approximate surface area is 410 Å². The van der Waals surface area contributed by atoms with Gasteiger partial charge in [0.1, 0.15) is 0 Å². The molecule has 2 nitrogen and oxygen atoms in total. The molecule has 0 aliphatic heterocycles. The van der Waals surface area contributed by atoms with Gasteiger partial charge in [0.25, 0.3) is 0 Å². The predicted octanol–water partition coefficient (Wildman–Crippen LogP) is 17.1. The summed E-state index contributed by atoms with van der Waals surface area (Å²) < 4.78 is 0. The molecule has 0 unspecified atom stereocenters. The number of rotatable bonds is 7. The standard InChI is InChI=1S/C68H48N2/c1-67(2)58-29-15-17-31-60(58)68(61-32-18-16-30-59(61)67)57-39-38-51(47-34-36-48(37-35-47)54-41-52(45-20-7-3-8-21-45)40-53(42-54)46-22-9-4-10-23-46)43-56(57)65-55(28-19-33-62(65)68)66-69-63(49-24-11-5-12-25-49)44-64(70-66)50-26-13-6-14-27-50/h3-44H,1-2H3. The van der Waals surface area contributed by atoms with Crippen molar-refractivity contribution in [3.8, 4) is 89.5 Å². The lowest BCUT2D eigenvalue weighted by Gasteiger charge is -2.46. The van der Waals surface area contributed by atoms with Crippen molar-refractivity contribution in [1.29, 1.82) is 0 Å². The van der Waals surface area contributed by atoms with Gasteiger partial charge in [0.15, 0.2) is 5.82 Å². The molecule has 70 heavy (non-hydrogen) atoms. The largest absolute Gasteiger partial charge is 0.228 e. The van der Waals surface area contributed by atoms with Gasteiger partial charge in [0.05, 0.1) is 16.8 Å². The zero-order valence-corrected chi connectivity index (χ0v) is 39.1. The molecule has 11 aromatic rings. The van der Waals surface area contributed by atoms with Crippen molar-refractivity contribution in [1.82, 2.24) is 9.97 Å². The third-order valence-corrected chi connectivity index (χ3v) is 15.0. The molecule has 10 aromatic carbocycles. The fourth-order valence-corrected chi connectivity index (χ4v) is 11.7. The number of benzene rings is 10. The van der Waals surface area contributed by atoms with E-state index in [9.17, 15) is 0 Å². The second-order valence-corrected chi connectivity index (χ2v) is 19.3. The summed E-state index contributed by atoms with van der Waals surface area (Å²) >= 11 is 0. The van der Waals surface area contributed by atoms with Crippen LogP contribution in [0.5, 0.6) is 0 Å². The lowest BCUT2D eigenvalue weighted by Crippen LogP contribution is -2.40. The molecular weight excluding hydrogens is 845 g/mol. The van der Waals surface area contributed by atoms with Crippen LogP contribution >= 0.6 is 0 Å². The molecule has 0 atom stereocenters. The Morgan fingerprint density at radius 1 is 0.257 bits per heavy atom. The predicted molar refractivity (Wildman–Crippen MR) is 290 cm³/mol. The molecule has 2 aliphatic carbocycles. The van der Waals surface area contributed by atoms with Crippen LogP contribution in [0.25, 0.3) is 89.5 Å². The third kappa shape index (κ3) is 6.63. The van der Waals surface area contributed by atoms with Gasteiger partial charge >= 0.3 is 0 Å². The topological polar surface area (TPSA) is 25.8 Å². The van der Waals surface area contributed by atoms with Gasteiger partial charge in [-0.2, -0.15) is 0 Å². The van der Waals surface area contributed by atoms with Gasteiger partial charge in [-0.05, 0) is 119 Å². The van der Waals surface area contributed by atoms with E-state index in [1.165, 1.54) is 77.9 Å². The number of hydrogen-bond acceptors (Lipinski definition) is 2. The Morgan fingerprint density at radius 3 is 1.13 bits per heavy atom. The zero-order chi connectivity index (χ0) is 46.8. The summed E-state index contributed by atoms with van der Waals surface area (Å²) in [7, 11) is 0. The summed E-state index contributed by atoms with van der Waals surface area (Å²) in [5, 5.41) is 0. The summed E-state index contributed by atoms with van der Waals surface area (Å²) in [5.41, 5.74) is 23.9. The van der Waals surface area contributed by atoms with Crippen LogP contribution in [0.15, 0.2) is 255 Å². The van der Waals surface area contributed by atoms with Crippen LogP contribution < -0.4 is 0 Å². The molecule has 0 fully saturated rings. The number of aromatic nitrogens is 2. The summed E-state index contributed by atoms with van der Waals surface area (Å²) in [4.78, 5) is 10.9. The van der Waals surface area contributed by atoms with E-state index in [0.29, 0.717) is 5.82 Å². The van der Waals surface area contributed by atoms with Gasteiger partial charge in [-0.3, -0.25) is 0 Å². The molecule has 2 aliphatic rings. The van der Waals surface area contributed by atoms with E-state index in [-0.39, 0.29) is 5.41 Å². The van der Waals surface area contributed by atoms with Crippen LogP contribution in [-0.2, 0) is 10.8 Å². The molecule has 0 saturated carbocycles. The van der Waals surface area contributed by atoms with E-state index in [2.05, 4.69) is 269 Å². The highest BCUT2D eigenvalue weighted by atomic mass is 14.9. The van der Waals surface area contributed by atoms with Crippen molar-refractivity contribution in [2.24, 2.45) is 0 Å². The van der Waals surface area contributed by atoms with Gasteiger partial charge in [0, 0.05) is 22.1 Å². The Balaban J connectivity index is 1.02. The molecule has 0 N–H and O–H groups in total. The molecule has 1 heterocycles. The maximum Gasteiger partial charge on any atom is 0.161 e. The summed E-state index contributed by atoms with van der Waals surface area (Å²) in [6, 6.07) is 92.9. The van der Waals surface area contributed by atoms with Crippen molar-refractivity contribution in [2.45, 2.75) is 24.7 Å². The van der Waals surface area contributed by atoms with Crippen molar-refractivity contribution in [2.75, 3.05) is 0 Å². The van der Waals surface area contributed by atoms with Crippen LogP contribution in [0.4, 0.5) is 0 Å².